The molecule has 0 bridgehead atoms. The number of fused-ring (bicyclic) bond motifs is 2. The summed E-state index contributed by atoms with van der Waals surface area (Å²) < 4.78 is 11.1. The number of anilines is 1. The minimum Gasteiger partial charge on any atom is -0.478 e. The molecule has 0 radical (unpaired) electrons. The Morgan fingerprint density at radius 2 is 2.08 bits per heavy atom. The Labute approximate surface area is 142 Å². The molecule has 1 atom stereocenters. The summed E-state index contributed by atoms with van der Waals surface area (Å²) in [7, 11) is 0. The Hall–Kier alpha value is -2.30. The van der Waals surface area contributed by atoms with E-state index in [9.17, 15) is 4.79 Å². The number of aryl methyl sites for hydroxylation is 1. The molecule has 0 amide bonds. The van der Waals surface area contributed by atoms with E-state index in [1.807, 2.05) is 25.1 Å². The topological polar surface area (TPSA) is 74.4 Å². The molecule has 0 spiro atoms. The highest BCUT2D eigenvalue weighted by atomic mass is 16.6. The lowest BCUT2D eigenvalue weighted by Crippen LogP contribution is -2.28. The quantitative estimate of drug-likeness (QED) is 0.851. The van der Waals surface area contributed by atoms with Crippen molar-refractivity contribution in [3.05, 3.63) is 29.5 Å². The summed E-state index contributed by atoms with van der Waals surface area (Å²) in [5.74, 6) is 0.257. The van der Waals surface area contributed by atoms with Crippen molar-refractivity contribution in [1.29, 1.82) is 0 Å². The van der Waals surface area contributed by atoms with E-state index in [1.54, 1.807) is 6.92 Å². The Balaban J connectivity index is 2.03. The van der Waals surface area contributed by atoms with Crippen LogP contribution in [0, 0.1) is 0 Å². The van der Waals surface area contributed by atoms with Gasteiger partial charge in [0, 0.05) is 11.4 Å². The summed E-state index contributed by atoms with van der Waals surface area (Å²) in [6, 6.07) is 5.67. The fourth-order valence-electron chi connectivity index (χ4n) is 3.27. The third kappa shape index (κ3) is 3.03. The van der Waals surface area contributed by atoms with Crippen LogP contribution >= 0.6 is 0 Å². The van der Waals surface area contributed by atoms with Crippen LogP contribution in [0.5, 0.6) is 5.75 Å². The van der Waals surface area contributed by atoms with Crippen molar-refractivity contribution in [2.24, 2.45) is 0 Å². The number of carbonyl (C=O) groups excluding carboxylic acids is 1. The van der Waals surface area contributed by atoms with E-state index in [1.165, 1.54) is 0 Å². The van der Waals surface area contributed by atoms with Crippen molar-refractivity contribution in [1.82, 2.24) is 4.98 Å². The monoisotopic (exact) mass is 328 g/mol. The molecule has 1 aliphatic rings. The first-order chi connectivity index (χ1) is 11.7. The third-order valence-corrected chi connectivity index (χ3v) is 4.48. The van der Waals surface area contributed by atoms with Crippen LogP contribution in [0.3, 0.4) is 0 Å². The maximum absolute atomic E-state index is 12.0. The van der Waals surface area contributed by atoms with Crippen molar-refractivity contribution in [3.63, 3.8) is 0 Å². The van der Waals surface area contributed by atoms with Gasteiger partial charge in [0.2, 0.25) is 0 Å². The highest BCUT2D eigenvalue weighted by Crippen LogP contribution is 2.36. The number of nitrogens with zero attached hydrogens (tertiary/aromatic N) is 1. The maximum atomic E-state index is 12.0. The number of hydrogen-bond donors (Lipinski definition) is 1. The lowest BCUT2D eigenvalue weighted by Gasteiger charge is -2.21. The van der Waals surface area contributed by atoms with E-state index in [0.29, 0.717) is 18.8 Å². The minimum absolute atomic E-state index is 0.339. The van der Waals surface area contributed by atoms with Gasteiger partial charge in [-0.3, -0.25) is 4.98 Å². The molecule has 1 heterocycles. The van der Waals surface area contributed by atoms with Crippen LogP contribution in [0.2, 0.25) is 0 Å². The number of carbonyl (C=O) groups is 1. The molecule has 1 aromatic heterocycles. The molecule has 1 aromatic carbocycles. The number of esters is 1. The van der Waals surface area contributed by atoms with Crippen molar-refractivity contribution < 1.29 is 14.3 Å². The van der Waals surface area contributed by atoms with Gasteiger partial charge >= 0.3 is 5.97 Å². The summed E-state index contributed by atoms with van der Waals surface area (Å²) in [6.07, 6.45) is 4.11. The Kier molecular flexibility index (Phi) is 4.88. The van der Waals surface area contributed by atoms with Crippen LogP contribution < -0.4 is 10.5 Å². The zero-order chi connectivity index (χ0) is 17.1. The van der Waals surface area contributed by atoms with Gasteiger partial charge in [0.25, 0.3) is 0 Å². The van der Waals surface area contributed by atoms with Gasteiger partial charge in [0.1, 0.15) is 5.75 Å². The van der Waals surface area contributed by atoms with E-state index in [2.05, 4.69) is 0 Å². The molecule has 0 fully saturated rings. The van der Waals surface area contributed by atoms with E-state index in [0.717, 1.165) is 53.5 Å². The number of nitrogens with two attached hydrogens (primary N) is 1. The van der Waals surface area contributed by atoms with E-state index < -0.39 is 6.10 Å². The molecule has 128 valence electrons. The largest absolute Gasteiger partial charge is 0.478 e. The number of nitrogen functional groups attached to an aromatic ring is 1. The summed E-state index contributed by atoms with van der Waals surface area (Å²) in [4.78, 5) is 16.8. The van der Waals surface area contributed by atoms with E-state index in [-0.39, 0.29) is 5.97 Å². The second kappa shape index (κ2) is 7.07. The fourth-order valence-corrected chi connectivity index (χ4v) is 3.27. The van der Waals surface area contributed by atoms with Crippen LogP contribution in [-0.2, 0) is 22.4 Å². The smallest absolute Gasteiger partial charge is 0.347 e. The summed E-state index contributed by atoms with van der Waals surface area (Å²) >= 11 is 0. The Bertz CT molecular complexity index is 758. The standard InChI is InChI=1S/C19H24N2O3/c1-3-15(19(22)23-4-2)24-16-11-7-10-14-17(16)18(20)12-8-5-6-9-13(12)21-14/h7,10-11,15H,3-6,8-9H2,1-2H3,(H2,20,21). The molecule has 3 rings (SSSR count). The molecule has 2 aromatic rings. The van der Waals surface area contributed by atoms with Crippen molar-refractivity contribution in [2.75, 3.05) is 12.3 Å². The average Bonchev–Trinajstić information content (AvgIpc) is 2.60. The van der Waals surface area contributed by atoms with Crippen molar-refractivity contribution in [2.45, 2.75) is 52.1 Å². The summed E-state index contributed by atoms with van der Waals surface area (Å²) in [5.41, 5.74) is 10.3. The van der Waals surface area contributed by atoms with Crippen molar-refractivity contribution >= 4 is 22.6 Å². The molecule has 2 N–H and O–H groups in total. The molecule has 0 saturated carbocycles. The van der Waals surface area contributed by atoms with Gasteiger partial charge in [-0.15, -0.1) is 0 Å². The number of benzene rings is 1. The predicted molar refractivity (Wildman–Crippen MR) is 94.1 cm³/mol. The fraction of sp³-hybridized carbons (Fsp3) is 0.474. The summed E-state index contributed by atoms with van der Waals surface area (Å²) in [6.45, 7) is 4.03. The zero-order valence-electron chi connectivity index (χ0n) is 14.3. The first-order valence-corrected chi connectivity index (χ1v) is 8.68. The molecule has 24 heavy (non-hydrogen) atoms. The SMILES string of the molecule is CCOC(=O)C(CC)Oc1cccc2nc3c(c(N)c12)CCCC3. The van der Waals surface area contributed by atoms with Crippen LogP contribution in [0.25, 0.3) is 10.9 Å². The molecule has 5 nitrogen and oxygen atoms in total. The Morgan fingerprint density at radius 1 is 1.29 bits per heavy atom. The predicted octanol–water partition coefficient (Wildman–Crippen LogP) is 3.42. The second-order valence-corrected chi connectivity index (χ2v) is 6.07. The first-order valence-electron chi connectivity index (χ1n) is 8.68. The molecular formula is C19H24N2O3. The molecule has 5 heteroatoms. The second-order valence-electron chi connectivity index (χ2n) is 6.07. The number of rotatable bonds is 5. The van der Waals surface area contributed by atoms with Gasteiger partial charge in [0.15, 0.2) is 6.10 Å². The normalized spacial score (nSPS) is 14.9. The van der Waals surface area contributed by atoms with Crippen LogP contribution in [0.15, 0.2) is 18.2 Å². The minimum atomic E-state index is -0.633. The lowest BCUT2D eigenvalue weighted by atomic mass is 9.93. The maximum Gasteiger partial charge on any atom is 0.347 e. The Morgan fingerprint density at radius 3 is 2.83 bits per heavy atom. The summed E-state index contributed by atoms with van der Waals surface area (Å²) in [5, 5.41) is 0.806. The highest BCUT2D eigenvalue weighted by molar-refractivity contribution is 5.97. The molecule has 1 unspecified atom stereocenters. The lowest BCUT2D eigenvalue weighted by molar-refractivity contribution is -0.151. The molecule has 0 aliphatic heterocycles. The van der Waals surface area contributed by atoms with Crippen LogP contribution in [0.1, 0.15) is 44.4 Å². The van der Waals surface area contributed by atoms with Gasteiger partial charge in [0.05, 0.1) is 17.5 Å². The number of pyridine rings is 1. The van der Waals surface area contributed by atoms with E-state index >= 15 is 0 Å². The van der Waals surface area contributed by atoms with Crippen LogP contribution in [-0.4, -0.2) is 23.7 Å². The molecule has 0 saturated heterocycles. The average molecular weight is 328 g/mol. The van der Waals surface area contributed by atoms with Gasteiger partial charge < -0.3 is 15.2 Å². The van der Waals surface area contributed by atoms with Gasteiger partial charge in [-0.05, 0) is 56.7 Å². The highest BCUT2D eigenvalue weighted by Gasteiger charge is 2.23. The van der Waals surface area contributed by atoms with Crippen LogP contribution in [0.4, 0.5) is 5.69 Å². The van der Waals surface area contributed by atoms with Gasteiger partial charge in [-0.1, -0.05) is 13.0 Å². The first kappa shape index (κ1) is 16.6. The number of aromatic nitrogens is 1. The number of hydrogen-bond acceptors (Lipinski definition) is 5. The van der Waals surface area contributed by atoms with Crippen molar-refractivity contribution in [3.8, 4) is 5.75 Å². The number of ether oxygens (including phenoxy) is 2. The third-order valence-electron chi connectivity index (χ3n) is 4.48. The molecular weight excluding hydrogens is 304 g/mol. The van der Waals surface area contributed by atoms with Gasteiger partial charge in [-0.2, -0.15) is 0 Å². The van der Waals surface area contributed by atoms with Gasteiger partial charge in [-0.25, -0.2) is 4.79 Å². The molecule has 1 aliphatic carbocycles. The van der Waals surface area contributed by atoms with E-state index in [4.69, 9.17) is 20.2 Å². The zero-order valence-corrected chi connectivity index (χ0v) is 14.3.